The molecule has 0 saturated heterocycles. The lowest BCUT2D eigenvalue weighted by molar-refractivity contribution is 0.482. The maximum Gasteiger partial charge on any atom is 0.168 e. The van der Waals surface area contributed by atoms with Crippen LogP contribution >= 0.6 is 46.4 Å². The van der Waals surface area contributed by atoms with E-state index in [1.54, 1.807) is 0 Å². The van der Waals surface area contributed by atoms with E-state index in [1.165, 1.54) is 5.56 Å². The third-order valence-corrected chi connectivity index (χ3v) is 6.92. The summed E-state index contributed by atoms with van der Waals surface area (Å²) in [7, 11) is 0. The first-order valence-corrected chi connectivity index (χ1v) is 11.1. The second kappa shape index (κ2) is 8.40. The Bertz CT molecular complexity index is 979. The maximum atomic E-state index is 6.77. The van der Waals surface area contributed by atoms with Crippen LogP contribution in [0.4, 0.5) is 0 Å². The Morgan fingerprint density at radius 2 is 1.28 bits per heavy atom. The number of hydrogen-bond acceptors (Lipinski definition) is 1. The fraction of sp³-hybridized carbons (Fsp3) is 0.250. The Kier molecular flexibility index (Phi) is 6.04. The molecule has 0 aromatic heterocycles. The first-order chi connectivity index (χ1) is 13.8. The zero-order chi connectivity index (χ0) is 20.5. The van der Waals surface area contributed by atoms with E-state index < -0.39 is 8.67 Å². The van der Waals surface area contributed by atoms with Crippen LogP contribution in [0.2, 0.25) is 0 Å². The van der Waals surface area contributed by atoms with Crippen molar-refractivity contribution in [3.63, 3.8) is 0 Å². The Morgan fingerprint density at radius 3 is 1.97 bits per heavy atom. The van der Waals surface area contributed by atoms with Crippen LogP contribution in [0.5, 0.6) is 11.5 Å². The van der Waals surface area contributed by atoms with Crippen molar-refractivity contribution in [2.45, 2.75) is 34.3 Å². The molecule has 3 aliphatic rings. The summed E-state index contributed by atoms with van der Waals surface area (Å²) in [6.45, 7) is 0. The van der Waals surface area contributed by atoms with Gasteiger partial charge in [-0.1, -0.05) is 88.9 Å². The minimum atomic E-state index is -1.23. The minimum absolute atomic E-state index is 0.646. The molecule has 3 aromatic rings. The molecule has 1 nitrogen and oxygen atoms in total. The van der Waals surface area contributed by atoms with E-state index in [0.29, 0.717) is 6.42 Å². The highest BCUT2D eigenvalue weighted by Gasteiger charge is 2.32. The summed E-state index contributed by atoms with van der Waals surface area (Å²) >= 11 is 26.9. The summed E-state index contributed by atoms with van der Waals surface area (Å²) in [5.74, 6) is 1.51. The molecule has 3 heterocycles. The van der Waals surface area contributed by atoms with Crippen molar-refractivity contribution in [2.24, 2.45) is 0 Å². The van der Waals surface area contributed by atoms with Crippen LogP contribution in [-0.2, 0) is 15.1 Å². The zero-order valence-corrected chi connectivity index (χ0v) is 18.7. The standard InChI is InChI=1S/C24H20Cl4O/c25-23(26)15-2-1-4-17-7-11-21(12-8-17)29-22-13-9-18(10-14-22)24(27,28)20-6-3-5-19(23)16-20/h3,5-14,16H,1-2,4,15H2. The molecule has 6 rings (SSSR count). The average molecular weight is 466 g/mol. The van der Waals surface area contributed by atoms with Gasteiger partial charge in [-0.3, -0.25) is 0 Å². The Balaban J connectivity index is 1.75. The van der Waals surface area contributed by atoms with Gasteiger partial charge in [0.15, 0.2) is 4.33 Å². The highest BCUT2D eigenvalue weighted by atomic mass is 35.5. The third-order valence-electron chi connectivity index (χ3n) is 5.23. The van der Waals surface area contributed by atoms with Crippen LogP contribution in [0.25, 0.3) is 0 Å². The van der Waals surface area contributed by atoms with Crippen LogP contribution in [0, 0.1) is 0 Å². The van der Waals surface area contributed by atoms with E-state index in [2.05, 4.69) is 12.1 Å². The SMILES string of the molecule is ClC1(Cl)CCCCc2ccc(cc2)Oc2ccc(cc2)C(Cl)(Cl)c2cccc1c2. The summed E-state index contributed by atoms with van der Waals surface area (Å²) in [5, 5.41) is 0. The van der Waals surface area contributed by atoms with Crippen LogP contribution in [0.1, 0.15) is 41.5 Å². The van der Waals surface area contributed by atoms with E-state index in [4.69, 9.17) is 51.1 Å². The second-order valence-electron chi connectivity index (χ2n) is 7.34. The first kappa shape index (κ1) is 20.9. The van der Waals surface area contributed by atoms with Crippen molar-refractivity contribution in [1.29, 1.82) is 0 Å². The molecule has 0 saturated carbocycles. The maximum absolute atomic E-state index is 6.77. The summed E-state index contributed by atoms with van der Waals surface area (Å²) in [6, 6.07) is 23.2. The molecule has 3 aromatic carbocycles. The Labute approximate surface area is 191 Å². The number of alkyl halides is 4. The third kappa shape index (κ3) is 4.70. The Hall–Kier alpha value is -1.38. The Morgan fingerprint density at radius 1 is 0.655 bits per heavy atom. The van der Waals surface area contributed by atoms with Crippen LogP contribution in [0.15, 0.2) is 72.8 Å². The van der Waals surface area contributed by atoms with Gasteiger partial charge in [-0.15, -0.1) is 0 Å². The first-order valence-electron chi connectivity index (χ1n) is 9.59. The van der Waals surface area contributed by atoms with Gasteiger partial charge < -0.3 is 4.74 Å². The molecule has 6 bridgehead atoms. The summed E-state index contributed by atoms with van der Waals surface area (Å²) < 4.78 is 3.72. The lowest BCUT2D eigenvalue weighted by Crippen LogP contribution is -2.16. The minimum Gasteiger partial charge on any atom is -0.457 e. The fourth-order valence-corrected chi connectivity index (χ4v) is 4.51. The molecule has 0 amide bonds. The van der Waals surface area contributed by atoms with E-state index in [0.717, 1.165) is 47.5 Å². The van der Waals surface area contributed by atoms with E-state index in [-0.39, 0.29) is 0 Å². The van der Waals surface area contributed by atoms with Crippen molar-refractivity contribution < 1.29 is 4.74 Å². The number of benzene rings is 3. The lowest BCUT2D eigenvalue weighted by Gasteiger charge is -2.25. The number of halogens is 4. The molecule has 0 radical (unpaired) electrons. The number of ether oxygens (including phenoxy) is 1. The van der Waals surface area contributed by atoms with Gasteiger partial charge >= 0.3 is 0 Å². The quantitative estimate of drug-likeness (QED) is 0.302. The molecular weight excluding hydrogens is 446 g/mol. The van der Waals surface area contributed by atoms with Crippen molar-refractivity contribution in [1.82, 2.24) is 0 Å². The van der Waals surface area contributed by atoms with E-state index >= 15 is 0 Å². The van der Waals surface area contributed by atoms with Gasteiger partial charge in [0.25, 0.3) is 0 Å². The van der Waals surface area contributed by atoms with Gasteiger partial charge in [-0.2, -0.15) is 0 Å². The largest absolute Gasteiger partial charge is 0.457 e. The number of aryl methyl sites for hydroxylation is 1. The molecule has 150 valence electrons. The van der Waals surface area contributed by atoms with Crippen LogP contribution in [-0.4, -0.2) is 0 Å². The molecular formula is C24H20Cl4O. The summed E-state index contributed by atoms with van der Waals surface area (Å²) in [5.41, 5.74) is 3.54. The molecule has 0 spiro atoms. The molecule has 0 unspecified atom stereocenters. The zero-order valence-electron chi connectivity index (χ0n) is 15.7. The number of rotatable bonds is 0. The van der Waals surface area contributed by atoms with E-state index in [9.17, 15) is 0 Å². The van der Waals surface area contributed by atoms with Crippen molar-refractivity contribution in [3.05, 3.63) is 95.1 Å². The fourth-order valence-electron chi connectivity index (χ4n) is 3.52. The van der Waals surface area contributed by atoms with Gasteiger partial charge in [0.05, 0.1) is 0 Å². The van der Waals surface area contributed by atoms with Gasteiger partial charge in [-0.25, -0.2) is 0 Å². The predicted octanol–water partition coefficient (Wildman–Crippen LogP) is 8.51. The van der Waals surface area contributed by atoms with Crippen LogP contribution in [0.3, 0.4) is 0 Å². The van der Waals surface area contributed by atoms with Crippen molar-refractivity contribution >= 4 is 46.4 Å². The lowest BCUT2D eigenvalue weighted by atomic mass is 9.97. The van der Waals surface area contributed by atoms with E-state index in [1.807, 2.05) is 60.7 Å². The van der Waals surface area contributed by atoms with Gasteiger partial charge in [0.2, 0.25) is 0 Å². The summed E-state index contributed by atoms with van der Waals surface area (Å²) in [4.78, 5) is 0. The van der Waals surface area contributed by atoms with Crippen LogP contribution < -0.4 is 4.74 Å². The normalized spacial score (nSPS) is 17.9. The average Bonchev–Trinajstić information content (AvgIpc) is 2.72. The highest BCUT2D eigenvalue weighted by Crippen LogP contribution is 2.45. The van der Waals surface area contributed by atoms with Gasteiger partial charge in [0, 0.05) is 0 Å². The molecule has 0 N–H and O–H groups in total. The second-order valence-corrected chi connectivity index (χ2v) is 10.1. The van der Waals surface area contributed by atoms with Gasteiger partial charge in [-0.05, 0) is 78.3 Å². The van der Waals surface area contributed by atoms with Gasteiger partial charge in [0.1, 0.15) is 15.8 Å². The number of hydrogen-bond donors (Lipinski definition) is 0. The van der Waals surface area contributed by atoms with Crippen molar-refractivity contribution in [2.75, 3.05) is 0 Å². The number of fused-ring (bicyclic) bond motifs is 2. The highest BCUT2D eigenvalue weighted by molar-refractivity contribution is 6.50. The smallest absolute Gasteiger partial charge is 0.168 e. The molecule has 0 atom stereocenters. The molecule has 29 heavy (non-hydrogen) atoms. The molecule has 0 fully saturated rings. The summed E-state index contributed by atoms with van der Waals surface area (Å²) in [6.07, 6.45) is 3.51. The monoisotopic (exact) mass is 464 g/mol. The van der Waals surface area contributed by atoms with Crippen molar-refractivity contribution in [3.8, 4) is 11.5 Å². The molecule has 5 heteroatoms. The molecule has 3 aliphatic heterocycles. The topological polar surface area (TPSA) is 9.23 Å². The molecule has 0 aliphatic carbocycles. The predicted molar refractivity (Wildman–Crippen MR) is 123 cm³/mol.